The molecule has 1 aliphatic rings. The minimum Gasteiger partial charge on any atom is -0.341 e. The van der Waals surface area contributed by atoms with Crippen molar-refractivity contribution in [1.29, 1.82) is 0 Å². The fourth-order valence-electron chi connectivity index (χ4n) is 2.41. The van der Waals surface area contributed by atoms with E-state index in [0.29, 0.717) is 25.9 Å². The first-order chi connectivity index (χ1) is 10.3. The Kier molecular flexibility index (Phi) is 6.94. The molecule has 0 aliphatic carbocycles. The molecule has 9 heteroatoms. The molecule has 1 aromatic rings. The van der Waals surface area contributed by atoms with Crippen molar-refractivity contribution < 1.29 is 17.6 Å². The molecule has 0 radical (unpaired) electrons. The first-order valence-electron chi connectivity index (χ1n) is 7.12. The van der Waals surface area contributed by atoms with Gasteiger partial charge in [-0.15, -0.1) is 12.4 Å². The number of amides is 1. The van der Waals surface area contributed by atoms with E-state index in [1.54, 1.807) is 11.8 Å². The summed E-state index contributed by atoms with van der Waals surface area (Å²) in [5, 5.41) is 0. The van der Waals surface area contributed by atoms with Crippen LogP contribution in [0.3, 0.4) is 0 Å². The SMILES string of the molecule is C[C@@H](N)C(=O)N1CCC(NS(=O)(=O)c2ccc(F)cc2)CC1.Cl. The van der Waals surface area contributed by atoms with Gasteiger partial charge < -0.3 is 10.6 Å². The van der Waals surface area contributed by atoms with E-state index in [1.807, 2.05) is 0 Å². The van der Waals surface area contributed by atoms with Crippen LogP contribution in [-0.2, 0) is 14.8 Å². The molecule has 0 aromatic heterocycles. The van der Waals surface area contributed by atoms with Gasteiger partial charge in [0.25, 0.3) is 0 Å². The lowest BCUT2D eigenvalue weighted by Crippen LogP contribution is -2.50. The molecule has 1 atom stereocenters. The standard InChI is InChI=1S/C14H20FN3O3S.ClH/c1-10(16)14(19)18-8-6-12(7-9-18)17-22(20,21)13-4-2-11(15)3-5-13;/h2-5,10,12,17H,6-9,16H2,1H3;1H/t10-;/m1./s1. The summed E-state index contributed by atoms with van der Waals surface area (Å²) in [5.41, 5.74) is 5.56. The maximum absolute atomic E-state index is 12.9. The quantitative estimate of drug-likeness (QED) is 0.827. The van der Waals surface area contributed by atoms with Crippen molar-refractivity contribution in [3.8, 4) is 0 Å². The van der Waals surface area contributed by atoms with Crippen molar-refractivity contribution in [2.75, 3.05) is 13.1 Å². The van der Waals surface area contributed by atoms with E-state index < -0.39 is 21.9 Å². The number of nitrogens with zero attached hydrogens (tertiary/aromatic N) is 1. The predicted molar refractivity (Wildman–Crippen MR) is 87.2 cm³/mol. The van der Waals surface area contributed by atoms with Crippen LogP contribution >= 0.6 is 12.4 Å². The number of carbonyl (C=O) groups excluding carboxylic acids is 1. The smallest absolute Gasteiger partial charge is 0.240 e. The van der Waals surface area contributed by atoms with Crippen LogP contribution in [0.15, 0.2) is 29.2 Å². The molecule has 1 amide bonds. The molecule has 1 fully saturated rings. The summed E-state index contributed by atoms with van der Waals surface area (Å²) in [4.78, 5) is 13.4. The molecule has 23 heavy (non-hydrogen) atoms. The van der Waals surface area contributed by atoms with Crippen LogP contribution in [-0.4, -0.2) is 44.4 Å². The molecule has 1 aliphatic heterocycles. The van der Waals surface area contributed by atoms with E-state index >= 15 is 0 Å². The summed E-state index contributed by atoms with van der Waals surface area (Å²) in [7, 11) is -3.68. The number of sulfonamides is 1. The van der Waals surface area contributed by atoms with Crippen molar-refractivity contribution in [3.63, 3.8) is 0 Å². The second kappa shape index (κ2) is 8.05. The number of nitrogens with one attached hydrogen (secondary N) is 1. The average molecular weight is 366 g/mol. The Morgan fingerprint density at radius 2 is 1.83 bits per heavy atom. The van der Waals surface area contributed by atoms with Gasteiger partial charge in [0.15, 0.2) is 0 Å². The number of carbonyl (C=O) groups is 1. The highest BCUT2D eigenvalue weighted by Gasteiger charge is 2.27. The minimum absolute atomic E-state index is 0. The van der Waals surface area contributed by atoms with Crippen molar-refractivity contribution in [2.24, 2.45) is 5.73 Å². The second-order valence-corrected chi connectivity index (χ2v) is 7.18. The van der Waals surface area contributed by atoms with E-state index in [0.717, 1.165) is 12.1 Å². The van der Waals surface area contributed by atoms with Gasteiger partial charge in [0.2, 0.25) is 15.9 Å². The molecular weight excluding hydrogens is 345 g/mol. The van der Waals surface area contributed by atoms with Crippen LogP contribution < -0.4 is 10.5 Å². The van der Waals surface area contributed by atoms with Gasteiger partial charge >= 0.3 is 0 Å². The molecule has 130 valence electrons. The maximum Gasteiger partial charge on any atom is 0.240 e. The predicted octanol–water partition coefficient (Wildman–Crippen LogP) is 0.864. The summed E-state index contributed by atoms with van der Waals surface area (Å²) < 4.78 is 39.9. The zero-order chi connectivity index (χ0) is 16.3. The van der Waals surface area contributed by atoms with Crippen LogP contribution in [0, 0.1) is 5.82 Å². The lowest BCUT2D eigenvalue weighted by Gasteiger charge is -2.33. The summed E-state index contributed by atoms with van der Waals surface area (Å²) in [6, 6.07) is 3.88. The highest BCUT2D eigenvalue weighted by atomic mass is 35.5. The molecule has 2 rings (SSSR count). The number of hydrogen-bond donors (Lipinski definition) is 2. The van der Waals surface area contributed by atoms with Gasteiger partial charge in [-0.1, -0.05) is 0 Å². The van der Waals surface area contributed by atoms with Crippen LogP contribution in [0.25, 0.3) is 0 Å². The van der Waals surface area contributed by atoms with Crippen LogP contribution in [0.1, 0.15) is 19.8 Å². The normalized spacial score (nSPS) is 17.4. The first kappa shape index (κ1) is 19.8. The Balaban J connectivity index is 0.00000264. The van der Waals surface area contributed by atoms with E-state index in [1.165, 1.54) is 12.1 Å². The number of halogens is 2. The largest absolute Gasteiger partial charge is 0.341 e. The van der Waals surface area contributed by atoms with Gasteiger partial charge in [-0.2, -0.15) is 0 Å². The molecule has 1 aromatic carbocycles. The summed E-state index contributed by atoms with van der Waals surface area (Å²) in [6.07, 6.45) is 1.05. The molecular formula is C14H21ClFN3O3S. The highest BCUT2D eigenvalue weighted by molar-refractivity contribution is 7.89. The number of likely N-dealkylation sites (tertiary alicyclic amines) is 1. The monoisotopic (exact) mass is 365 g/mol. The molecule has 1 heterocycles. The number of nitrogens with two attached hydrogens (primary N) is 1. The van der Waals surface area contributed by atoms with Crippen LogP contribution in [0.5, 0.6) is 0 Å². The highest BCUT2D eigenvalue weighted by Crippen LogP contribution is 2.16. The summed E-state index contributed by atoms with van der Waals surface area (Å²) >= 11 is 0. The van der Waals surface area contributed by atoms with E-state index in [4.69, 9.17) is 5.73 Å². The Bertz CT molecular complexity index is 629. The van der Waals surface area contributed by atoms with Gasteiger partial charge in [-0.25, -0.2) is 17.5 Å². The molecule has 0 spiro atoms. The Morgan fingerprint density at radius 1 is 1.30 bits per heavy atom. The molecule has 0 bridgehead atoms. The zero-order valence-electron chi connectivity index (χ0n) is 12.7. The first-order valence-corrected chi connectivity index (χ1v) is 8.60. The van der Waals surface area contributed by atoms with E-state index in [-0.39, 0.29) is 29.3 Å². The Labute approximate surface area is 141 Å². The van der Waals surface area contributed by atoms with Gasteiger partial charge in [0, 0.05) is 19.1 Å². The fourth-order valence-corrected chi connectivity index (χ4v) is 3.71. The zero-order valence-corrected chi connectivity index (χ0v) is 14.4. The third kappa shape index (κ3) is 5.13. The lowest BCUT2D eigenvalue weighted by molar-refractivity contribution is -0.133. The number of piperidine rings is 1. The topological polar surface area (TPSA) is 92.5 Å². The van der Waals surface area contributed by atoms with Gasteiger partial charge in [0.05, 0.1) is 10.9 Å². The van der Waals surface area contributed by atoms with Gasteiger partial charge in [-0.05, 0) is 44.0 Å². The van der Waals surface area contributed by atoms with Crippen molar-refractivity contribution >= 4 is 28.3 Å². The Hall–Kier alpha value is -1.22. The second-order valence-electron chi connectivity index (χ2n) is 5.46. The summed E-state index contributed by atoms with van der Waals surface area (Å²) in [5.74, 6) is -0.610. The molecule has 1 saturated heterocycles. The number of rotatable bonds is 4. The summed E-state index contributed by atoms with van der Waals surface area (Å²) in [6.45, 7) is 2.57. The molecule has 6 nitrogen and oxygen atoms in total. The van der Waals surface area contributed by atoms with Crippen molar-refractivity contribution in [2.45, 2.75) is 36.7 Å². The van der Waals surface area contributed by atoms with Crippen molar-refractivity contribution in [1.82, 2.24) is 9.62 Å². The minimum atomic E-state index is -3.68. The number of benzene rings is 1. The van der Waals surface area contributed by atoms with E-state index in [9.17, 15) is 17.6 Å². The molecule has 3 N–H and O–H groups in total. The third-order valence-corrected chi connectivity index (χ3v) is 5.18. The van der Waals surface area contributed by atoms with Gasteiger partial charge in [0.1, 0.15) is 5.82 Å². The maximum atomic E-state index is 12.9. The Morgan fingerprint density at radius 3 is 2.30 bits per heavy atom. The van der Waals surface area contributed by atoms with E-state index in [2.05, 4.69) is 4.72 Å². The average Bonchev–Trinajstić information content (AvgIpc) is 2.47. The van der Waals surface area contributed by atoms with Gasteiger partial charge in [-0.3, -0.25) is 4.79 Å². The molecule has 0 saturated carbocycles. The number of hydrogen-bond acceptors (Lipinski definition) is 4. The van der Waals surface area contributed by atoms with Crippen molar-refractivity contribution in [3.05, 3.63) is 30.1 Å². The lowest BCUT2D eigenvalue weighted by atomic mass is 10.1. The van der Waals surface area contributed by atoms with Crippen LogP contribution in [0.4, 0.5) is 4.39 Å². The molecule has 0 unspecified atom stereocenters. The van der Waals surface area contributed by atoms with Crippen LogP contribution in [0.2, 0.25) is 0 Å². The fraction of sp³-hybridized carbons (Fsp3) is 0.500. The third-order valence-electron chi connectivity index (χ3n) is 3.64.